The van der Waals surface area contributed by atoms with E-state index in [2.05, 4.69) is 15.5 Å². The van der Waals surface area contributed by atoms with Crippen LogP contribution in [0.5, 0.6) is 0 Å². The van der Waals surface area contributed by atoms with Crippen molar-refractivity contribution in [2.75, 3.05) is 11.1 Å². The van der Waals surface area contributed by atoms with Gasteiger partial charge in [0.25, 0.3) is 5.89 Å². The first-order valence-corrected chi connectivity index (χ1v) is 9.85. The number of esters is 1. The van der Waals surface area contributed by atoms with Crippen LogP contribution in [0, 0.1) is 5.82 Å². The van der Waals surface area contributed by atoms with E-state index in [1.54, 1.807) is 36.9 Å². The first kappa shape index (κ1) is 19.1. The highest BCUT2D eigenvalue weighted by atomic mass is 32.2. The fraction of sp³-hybridized carbons (Fsp3) is 0.200. The predicted octanol–water partition coefficient (Wildman–Crippen LogP) is 4.23. The smallest absolute Gasteiger partial charge is 0.338 e. The number of rotatable bonds is 4. The summed E-state index contributed by atoms with van der Waals surface area (Å²) in [6, 6.07) is 10.6. The molecule has 1 aromatic heterocycles. The minimum atomic E-state index is -0.785. The molecule has 1 N–H and O–H groups in total. The van der Waals surface area contributed by atoms with Gasteiger partial charge in [0, 0.05) is 22.6 Å². The zero-order chi connectivity index (χ0) is 20.4. The minimum absolute atomic E-state index is 0.0886. The Morgan fingerprint density at radius 1 is 1.24 bits per heavy atom. The number of nitrogens with zero attached hydrogens (tertiary/aromatic N) is 2. The van der Waals surface area contributed by atoms with Crippen LogP contribution in [0.1, 0.15) is 35.7 Å². The summed E-state index contributed by atoms with van der Waals surface area (Å²) >= 11 is 1.55. The highest BCUT2D eigenvalue weighted by Gasteiger charge is 2.22. The molecule has 0 aliphatic carbocycles. The third kappa shape index (κ3) is 4.29. The number of fused-ring (bicyclic) bond motifs is 1. The Kier molecular flexibility index (Phi) is 5.30. The number of carbonyl (C=O) groups excluding carboxylic acids is 2. The Labute approximate surface area is 169 Å². The summed E-state index contributed by atoms with van der Waals surface area (Å²) in [5.41, 5.74) is 1.45. The summed E-state index contributed by atoms with van der Waals surface area (Å²) in [6.07, 6.45) is -0.365. The van der Waals surface area contributed by atoms with Gasteiger partial charge in [-0.3, -0.25) is 4.79 Å². The van der Waals surface area contributed by atoms with Crippen LogP contribution in [0.2, 0.25) is 0 Å². The fourth-order valence-corrected chi connectivity index (χ4v) is 3.67. The number of aromatic nitrogens is 2. The lowest BCUT2D eigenvalue weighted by Gasteiger charge is -2.11. The van der Waals surface area contributed by atoms with Crippen molar-refractivity contribution in [1.29, 1.82) is 0 Å². The monoisotopic (exact) mass is 413 g/mol. The van der Waals surface area contributed by atoms with E-state index in [-0.39, 0.29) is 23.5 Å². The lowest BCUT2D eigenvalue weighted by Crippen LogP contribution is -2.12. The Morgan fingerprint density at radius 2 is 2.03 bits per heavy atom. The third-order valence-corrected chi connectivity index (χ3v) is 5.31. The Hall–Kier alpha value is -3.20. The van der Waals surface area contributed by atoms with Gasteiger partial charge >= 0.3 is 5.97 Å². The minimum Gasteiger partial charge on any atom is -0.449 e. The van der Waals surface area contributed by atoms with Crippen LogP contribution in [0.15, 0.2) is 51.8 Å². The number of hydrogen-bond donors (Lipinski definition) is 1. The van der Waals surface area contributed by atoms with Gasteiger partial charge in [-0.2, -0.15) is 0 Å². The molecular weight excluding hydrogens is 397 g/mol. The van der Waals surface area contributed by atoms with Gasteiger partial charge in [0.1, 0.15) is 5.82 Å². The van der Waals surface area contributed by atoms with E-state index in [1.807, 2.05) is 0 Å². The maximum Gasteiger partial charge on any atom is 0.338 e. The van der Waals surface area contributed by atoms with E-state index in [0.717, 1.165) is 4.90 Å². The molecule has 1 aliphatic heterocycles. The average Bonchev–Trinajstić information content (AvgIpc) is 3.12. The first-order chi connectivity index (χ1) is 14.0. The third-order valence-electron chi connectivity index (χ3n) is 4.24. The molecule has 3 aromatic rings. The van der Waals surface area contributed by atoms with Crippen LogP contribution in [0.4, 0.5) is 10.1 Å². The number of ether oxygens (including phenoxy) is 1. The summed E-state index contributed by atoms with van der Waals surface area (Å²) in [4.78, 5) is 25.2. The van der Waals surface area contributed by atoms with Crippen LogP contribution >= 0.6 is 11.8 Å². The van der Waals surface area contributed by atoms with Crippen molar-refractivity contribution in [3.63, 3.8) is 0 Å². The molecule has 0 saturated heterocycles. The van der Waals surface area contributed by atoms with Gasteiger partial charge in [-0.05, 0) is 49.4 Å². The molecule has 2 aromatic carbocycles. The van der Waals surface area contributed by atoms with Crippen LogP contribution in [0.3, 0.4) is 0 Å². The Bertz CT molecular complexity index is 1070. The van der Waals surface area contributed by atoms with E-state index in [4.69, 9.17) is 9.15 Å². The molecule has 148 valence electrons. The highest BCUT2D eigenvalue weighted by molar-refractivity contribution is 7.99. The number of hydrogen-bond acceptors (Lipinski definition) is 7. The summed E-state index contributed by atoms with van der Waals surface area (Å²) < 4.78 is 24.0. The van der Waals surface area contributed by atoms with Crippen molar-refractivity contribution in [1.82, 2.24) is 10.2 Å². The first-order valence-electron chi connectivity index (χ1n) is 8.86. The zero-order valence-corrected chi connectivity index (χ0v) is 16.2. The number of thioether (sulfide) groups is 1. The van der Waals surface area contributed by atoms with Crippen LogP contribution in [-0.2, 0) is 9.53 Å². The molecule has 0 saturated carbocycles. The topological polar surface area (TPSA) is 94.3 Å². The number of anilines is 1. The number of nitrogens with one attached hydrogen (secondary N) is 1. The number of amides is 1. The highest BCUT2D eigenvalue weighted by Crippen LogP contribution is 2.32. The standard InChI is InChI=1S/C20H16FN3O4S/c1-11(18-23-24-19(28-18)12-2-5-14(21)6-3-12)27-20(26)13-4-7-16-15(10-13)22-17(25)8-9-29-16/h2-7,10-11H,8-9H2,1H3,(H,22,25)/t11-/m1/s1. The van der Waals surface area contributed by atoms with Gasteiger partial charge in [0.2, 0.25) is 11.8 Å². The lowest BCUT2D eigenvalue weighted by atomic mass is 10.2. The van der Waals surface area contributed by atoms with Crippen molar-refractivity contribution in [2.24, 2.45) is 0 Å². The number of halogens is 1. The Morgan fingerprint density at radius 3 is 2.83 bits per heavy atom. The Balaban J connectivity index is 1.47. The van der Waals surface area contributed by atoms with E-state index in [0.29, 0.717) is 29.0 Å². The van der Waals surface area contributed by atoms with Crippen molar-refractivity contribution in [2.45, 2.75) is 24.3 Å². The molecule has 29 heavy (non-hydrogen) atoms. The van der Waals surface area contributed by atoms with E-state index >= 15 is 0 Å². The van der Waals surface area contributed by atoms with E-state index in [9.17, 15) is 14.0 Å². The van der Waals surface area contributed by atoms with Gasteiger partial charge < -0.3 is 14.5 Å². The fourth-order valence-electron chi connectivity index (χ4n) is 2.73. The molecule has 1 aliphatic rings. The van der Waals surface area contributed by atoms with Gasteiger partial charge in [-0.25, -0.2) is 9.18 Å². The molecule has 0 unspecified atom stereocenters. The van der Waals surface area contributed by atoms with Gasteiger partial charge in [-0.1, -0.05) is 0 Å². The predicted molar refractivity (Wildman–Crippen MR) is 104 cm³/mol. The molecule has 2 heterocycles. The molecular formula is C20H16FN3O4S. The molecule has 0 radical (unpaired) electrons. The van der Waals surface area contributed by atoms with Crippen molar-refractivity contribution >= 4 is 29.3 Å². The second-order valence-electron chi connectivity index (χ2n) is 6.36. The molecule has 4 rings (SSSR count). The summed E-state index contributed by atoms with van der Waals surface area (Å²) in [6.45, 7) is 1.61. The van der Waals surface area contributed by atoms with Crippen molar-refractivity contribution in [3.05, 3.63) is 59.7 Å². The normalized spacial score (nSPS) is 14.5. The van der Waals surface area contributed by atoms with E-state index < -0.39 is 12.1 Å². The van der Waals surface area contributed by atoms with E-state index in [1.165, 1.54) is 24.3 Å². The van der Waals surface area contributed by atoms with Gasteiger partial charge in [0.05, 0.1) is 11.3 Å². The maximum absolute atomic E-state index is 13.0. The zero-order valence-electron chi connectivity index (χ0n) is 15.3. The SMILES string of the molecule is C[C@@H](OC(=O)c1ccc2c(c1)NC(=O)CCS2)c1nnc(-c2ccc(F)cc2)o1. The molecule has 0 fully saturated rings. The quantitative estimate of drug-likeness (QED) is 0.640. The van der Waals surface area contributed by atoms with Crippen molar-refractivity contribution in [3.8, 4) is 11.5 Å². The summed E-state index contributed by atoms with van der Waals surface area (Å²) in [5.74, 6) is -0.0255. The molecule has 1 atom stereocenters. The average molecular weight is 413 g/mol. The molecule has 9 heteroatoms. The second kappa shape index (κ2) is 8.04. The number of carbonyl (C=O) groups is 2. The van der Waals surface area contributed by atoms with Gasteiger partial charge in [0.15, 0.2) is 6.10 Å². The summed E-state index contributed by atoms with van der Waals surface area (Å²) in [5, 5.41) is 10.6. The lowest BCUT2D eigenvalue weighted by molar-refractivity contribution is -0.115. The molecule has 1 amide bonds. The van der Waals surface area contributed by atoms with Gasteiger partial charge in [-0.15, -0.1) is 22.0 Å². The summed E-state index contributed by atoms with van der Waals surface area (Å²) in [7, 11) is 0. The molecule has 0 spiro atoms. The van der Waals surface area contributed by atoms with Crippen LogP contribution < -0.4 is 5.32 Å². The van der Waals surface area contributed by atoms with Crippen LogP contribution in [-0.4, -0.2) is 27.8 Å². The molecule has 7 nitrogen and oxygen atoms in total. The number of benzene rings is 2. The maximum atomic E-state index is 13.0. The largest absolute Gasteiger partial charge is 0.449 e. The van der Waals surface area contributed by atoms with Crippen molar-refractivity contribution < 1.29 is 23.1 Å². The van der Waals surface area contributed by atoms with Crippen LogP contribution in [0.25, 0.3) is 11.5 Å². The molecule has 0 bridgehead atoms. The second-order valence-corrected chi connectivity index (χ2v) is 7.49.